The molecule has 0 aliphatic rings. The minimum Gasteiger partial charge on any atom is -0.395 e. The second kappa shape index (κ2) is 6.08. The fraction of sp³-hybridized carbons (Fsp3) is 0.500. The second-order valence-corrected chi connectivity index (χ2v) is 3.14. The van der Waals surface area contributed by atoms with Crippen LogP contribution in [-0.4, -0.2) is 45.6 Å². The fourth-order valence-electron chi connectivity index (χ4n) is 1.30. The molecular weight excluding hydrogens is 194 g/mol. The van der Waals surface area contributed by atoms with E-state index in [9.17, 15) is 4.79 Å². The molecule has 0 unspecified atom stereocenters. The smallest absolute Gasteiger partial charge is 0.257 e. The number of carbonyl (C=O) groups excluding carboxylic acids is 1. The third-order valence-corrected chi connectivity index (χ3v) is 1.96. The monoisotopic (exact) mass is 209 g/mol. The quantitative estimate of drug-likeness (QED) is 0.758. The molecule has 0 spiro atoms. The minimum atomic E-state index is -0.133. The number of hydrogen-bond acceptors (Lipinski definition) is 4. The number of aliphatic hydroxyl groups is 1. The van der Waals surface area contributed by atoms with E-state index in [1.807, 2.05) is 6.92 Å². The van der Waals surface area contributed by atoms with Crippen molar-refractivity contribution in [2.24, 2.45) is 0 Å². The SMILES string of the molecule is CCCN(CCO)C(=O)c1cncnc1. The summed E-state index contributed by atoms with van der Waals surface area (Å²) in [6, 6.07) is 0. The summed E-state index contributed by atoms with van der Waals surface area (Å²) in [5.74, 6) is -0.133. The van der Waals surface area contributed by atoms with Crippen molar-refractivity contribution in [2.45, 2.75) is 13.3 Å². The Labute approximate surface area is 88.8 Å². The van der Waals surface area contributed by atoms with E-state index in [1.165, 1.54) is 18.7 Å². The van der Waals surface area contributed by atoms with Crippen molar-refractivity contribution in [3.05, 3.63) is 24.3 Å². The summed E-state index contributed by atoms with van der Waals surface area (Å²) in [6.45, 7) is 2.94. The Morgan fingerprint density at radius 1 is 1.40 bits per heavy atom. The van der Waals surface area contributed by atoms with Crippen molar-refractivity contribution in [1.29, 1.82) is 0 Å². The molecule has 1 aromatic heterocycles. The summed E-state index contributed by atoms with van der Waals surface area (Å²) in [7, 11) is 0. The Morgan fingerprint density at radius 3 is 2.60 bits per heavy atom. The van der Waals surface area contributed by atoms with Crippen LogP contribution in [-0.2, 0) is 0 Å². The van der Waals surface area contributed by atoms with Gasteiger partial charge in [0.25, 0.3) is 5.91 Å². The second-order valence-electron chi connectivity index (χ2n) is 3.14. The first-order valence-electron chi connectivity index (χ1n) is 4.94. The van der Waals surface area contributed by atoms with Crippen LogP contribution in [0.4, 0.5) is 0 Å². The molecule has 0 aromatic carbocycles. The molecule has 15 heavy (non-hydrogen) atoms. The highest BCUT2D eigenvalue weighted by atomic mass is 16.3. The van der Waals surface area contributed by atoms with Gasteiger partial charge in [0.2, 0.25) is 0 Å². The van der Waals surface area contributed by atoms with Crippen molar-refractivity contribution in [2.75, 3.05) is 19.7 Å². The van der Waals surface area contributed by atoms with E-state index < -0.39 is 0 Å². The lowest BCUT2D eigenvalue weighted by molar-refractivity contribution is 0.0721. The van der Waals surface area contributed by atoms with Crippen molar-refractivity contribution in [1.82, 2.24) is 14.9 Å². The number of aromatic nitrogens is 2. The predicted octanol–water partition coefficient (Wildman–Crippen LogP) is 0.321. The van der Waals surface area contributed by atoms with Gasteiger partial charge in [0.05, 0.1) is 12.2 Å². The molecule has 0 bridgehead atoms. The van der Waals surface area contributed by atoms with Crippen LogP contribution in [0.15, 0.2) is 18.7 Å². The fourth-order valence-corrected chi connectivity index (χ4v) is 1.30. The topological polar surface area (TPSA) is 66.3 Å². The van der Waals surface area contributed by atoms with Gasteiger partial charge in [-0.1, -0.05) is 6.92 Å². The highest BCUT2D eigenvalue weighted by Crippen LogP contribution is 2.02. The van der Waals surface area contributed by atoms with Gasteiger partial charge in [-0.25, -0.2) is 9.97 Å². The first kappa shape index (κ1) is 11.6. The Kier molecular flexibility index (Phi) is 4.70. The molecule has 5 heteroatoms. The van der Waals surface area contributed by atoms with Gasteiger partial charge in [0.15, 0.2) is 0 Å². The summed E-state index contributed by atoms with van der Waals surface area (Å²) in [6.07, 6.45) is 5.21. The lowest BCUT2D eigenvalue weighted by Gasteiger charge is -2.20. The van der Waals surface area contributed by atoms with Crippen LogP contribution in [0.2, 0.25) is 0 Å². The van der Waals surface area contributed by atoms with Crippen LogP contribution in [0.3, 0.4) is 0 Å². The maximum Gasteiger partial charge on any atom is 0.257 e. The molecule has 0 fully saturated rings. The molecule has 0 saturated carbocycles. The van der Waals surface area contributed by atoms with Gasteiger partial charge in [0.1, 0.15) is 6.33 Å². The van der Waals surface area contributed by atoms with Gasteiger partial charge in [-0.05, 0) is 6.42 Å². The van der Waals surface area contributed by atoms with E-state index in [1.54, 1.807) is 4.90 Å². The Morgan fingerprint density at radius 2 is 2.07 bits per heavy atom. The highest BCUT2D eigenvalue weighted by molar-refractivity contribution is 5.93. The number of rotatable bonds is 5. The number of aliphatic hydroxyl groups excluding tert-OH is 1. The maximum atomic E-state index is 11.9. The van der Waals surface area contributed by atoms with E-state index in [0.29, 0.717) is 18.7 Å². The number of carbonyl (C=O) groups is 1. The van der Waals surface area contributed by atoms with Gasteiger partial charge in [-0.3, -0.25) is 4.79 Å². The predicted molar refractivity (Wildman–Crippen MR) is 55.3 cm³/mol. The van der Waals surface area contributed by atoms with Gasteiger partial charge in [-0.2, -0.15) is 0 Å². The summed E-state index contributed by atoms with van der Waals surface area (Å²) in [4.78, 5) is 21.0. The summed E-state index contributed by atoms with van der Waals surface area (Å²) >= 11 is 0. The molecule has 0 atom stereocenters. The zero-order valence-corrected chi connectivity index (χ0v) is 8.76. The molecule has 1 N–H and O–H groups in total. The lowest BCUT2D eigenvalue weighted by Crippen LogP contribution is -2.34. The van der Waals surface area contributed by atoms with Crippen molar-refractivity contribution >= 4 is 5.91 Å². The van der Waals surface area contributed by atoms with Crippen molar-refractivity contribution in [3.63, 3.8) is 0 Å². The van der Waals surface area contributed by atoms with Gasteiger partial charge in [0, 0.05) is 25.5 Å². The van der Waals surface area contributed by atoms with E-state index in [2.05, 4.69) is 9.97 Å². The van der Waals surface area contributed by atoms with E-state index in [-0.39, 0.29) is 12.5 Å². The number of nitrogens with zero attached hydrogens (tertiary/aromatic N) is 3. The zero-order valence-electron chi connectivity index (χ0n) is 8.76. The maximum absolute atomic E-state index is 11.9. The molecule has 1 rings (SSSR count). The van der Waals surface area contributed by atoms with Gasteiger partial charge >= 0.3 is 0 Å². The van der Waals surface area contributed by atoms with E-state index in [4.69, 9.17) is 5.11 Å². The molecule has 0 aliphatic heterocycles. The van der Waals surface area contributed by atoms with Crippen LogP contribution in [0.5, 0.6) is 0 Å². The van der Waals surface area contributed by atoms with Crippen LogP contribution < -0.4 is 0 Å². The molecule has 82 valence electrons. The summed E-state index contributed by atoms with van der Waals surface area (Å²) in [5.41, 5.74) is 0.458. The summed E-state index contributed by atoms with van der Waals surface area (Å²) in [5, 5.41) is 8.83. The van der Waals surface area contributed by atoms with E-state index >= 15 is 0 Å². The molecule has 5 nitrogen and oxygen atoms in total. The largest absolute Gasteiger partial charge is 0.395 e. The first-order chi connectivity index (χ1) is 7.29. The molecule has 1 aromatic rings. The average Bonchev–Trinajstić information content (AvgIpc) is 2.29. The Balaban J connectivity index is 2.71. The molecular formula is C10H15N3O2. The third-order valence-electron chi connectivity index (χ3n) is 1.96. The molecule has 0 aliphatic carbocycles. The van der Waals surface area contributed by atoms with Gasteiger partial charge in [-0.15, -0.1) is 0 Å². The summed E-state index contributed by atoms with van der Waals surface area (Å²) < 4.78 is 0. The van der Waals surface area contributed by atoms with Crippen molar-refractivity contribution in [3.8, 4) is 0 Å². The Hall–Kier alpha value is -1.49. The standard InChI is InChI=1S/C10H15N3O2/c1-2-3-13(4-5-14)10(15)9-6-11-8-12-7-9/h6-8,14H,2-5H2,1H3. The number of amides is 1. The average molecular weight is 209 g/mol. The molecule has 0 saturated heterocycles. The van der Waals surface area contributed by atoms with Crippen LogP contribution in [0, 0.1) is 0 Å². The zero-order chi connectivity index (χ0) is 11.1. The number of hydrogen-bond donors (Lipinski definition) is 1. The molecule has 1 amide bonds. The molecule has 0 radical (unpaired) electrons. The van der Waals surface area contributed by atoms with Crippen LogP contribution >= 0.6 is 0 Å². The Bertz CT molecular complexity index is 297. The third kappa shape index (κ3) is 3.28. The van der Waals surface area contributed by atoms with Crippen molar-refractivity contribution < 1.29 is 9.90 Å². The van der Waals surface area contributed by atoms with Gasteiger partial charge < -0.3 is 10.0 Å². The minimum absolute atomic E-state index is 0.0283. The highest BCUT2D eigenvalue weighted by Gasteiger charge is 2.14. The molecule has 1 heterocycles. The first-order valence-corrected chi connectivity index (χ1v) is 4.94. The van der Waals surface area contributed by atoms with Crippen LogP contribution in [0.1, 0.15) is 23.7 Å². The lowest BCUT2D eigenvalue weighted by atomic mass is 10.3. The normalized spacial score (nSPS) is 10.0. The van der Waals surface area contributed by atoms with E-state index in [0.717, 1.165) is 6.42 Å². The van der Waals surface area contributed by atoms with Crippen LogP contribution in [0.25, 0.3) is 0 Å².